The van der Waals surface area contributed by atoms with Gasteiger partial charge in [0.2, 0.25) is 5.91 Å². The highest BCUT2D eigenvalue weighted by atomic mass is 35.5. The molecular formula is C27H41ClN8O3. The number of carbonyl (C=O) groups excluding carboxylic acids is 2. The lowest BCUT2D eigenvalue weighted by atomic mass is 9.94. The molecule has 2 atom stereocenters. The molecule has 12 heteroatoms. The molecule has 2 fully saturated rings. The molecule has 1 aromatic carbocycles. The Morgan fingerprint density at radius 1 is 1.05 bits per heavy atom. The summed E-state index contributed by atoms with van der Waals surface area (Å²) in [5.74, 6) is 0.561. The van der Waals surface area contributed by atoms with Crippen LogP contribution in [-0.2, 0) is 11.2 Å². The van der Waals surface area contributed by atoms with Crippen molar-refractivity contribution in [3.8, 4) is 5.69 Å². The largest absolute Gasteiger partial charge is 0.354 e. The van der Waals surface area contributed by atoms with Crippen molar-refractivity contribution in [2.45, 2.75) is 45.2 Å². The summed E-state index contributed by atoms with van der Waals surface area (Å²) in [5, 5.41) is 2.69. The van der Waals surface area contributed by atoms with Crippen molar-refractivity contribution < 1.29 is 9.59 Å². The van der Waals surface area contributed by atoms with Gasteiger partial charge in [-0.05, 0) is 62.9 Å². The maximum atomic E-state index is 12.7. The first-order valence-electron chi connectivity index (χ1n) is 13.3. The molecule has 2 aromatic rings. The first kappa shape index (κ1) is 30.6. The van der Waals surface area contributed by atoms with E-state index in [0.29, 0.717) is 43.8 Å². The normalized spacial score (nSPS) is 20.3. The van der Waals surface area contributed by atoms with Crippen molar-refractivity contribution in [2.75, 3.05) is 51.1 Å². The van der Waals surface area contributed by atoms with Gasteiger partial charge in [-0.2, -0.15) is 4.98 Å². The number of amides is 3. The van der Waals surface area contributed by atoms with Crippen molar-refractivity contribution >= 4 is 30.2 Å². The van der Waals surface area contributed by atoms with E-state index in [0.717, 1.165) is 32.5 Å². The first-order valence-corrected chi connectivity index (χ1v) is 13.3. The van der Waals surface area contributed by atoms with E-state index in [1.807, 2.05) is 24.3 Å². The first-order chi connectivity index (χ1) is 18.0. The highest BCUT2D eigenvalue weighted by molar-refractivity contribution is 5.89. The minimum absolute atomic E-state index is 0. The van der Waals surface area contributed by atoms with Crippen LogP contribution >= 0.6 is 12.4 Å². The Hall–Kier alpha value is -2.99. The molecule has 3 amide bonds. The minimum atomic E-state index is -0.945. The van der Waals surface area contributed by atoms with Crippen LogP contribution in [0.15, 0.2) is 41.3 Å². The van der Waals surface area contributed by atoms with Crippen molar-refractivity contribution in [3.63, 3.8) is 0 Å². The highest BCUT2D eigenvalue weighted by Gasteiger charge is 2.31. The van der Waals surface area contributed by atoms with Gasteiger partial charge >= 0.3 is 11.7 Å². The molecule has 3 heterocycles. The Morgan fingerprint density at radius 3 is 2.28 bits per heavy atom. The van der Waals surface area contributed by atoms with Gasteiger partial charge in [0.25, 0.3) is 0 Å². The van der Waals surface area contributed by atoms with Gasteiger partial charge in [0.05, 0.1) is 11.2 Å². The number of halogens is 1. The molecular weight excluding hydrogens is 520 g/mol. The fourth-order valence-electron chi connectivity index (χ4n) is 4.94. The molecule has 0 saturated carbocycles. The summed E-state index contributed by atoms with van der Waals surface area (Å²) in [6, 6.07) is 9.44. The van der Waals surface area contributed by atoms with E-state index < -0.39 is 11.2 Å². The number of carbonyl (C=O) groups is 2. The Balaban J connectivity index is 0.00000420. The predicted octanol–water partition coefficient (Wildman–Crippen LogP) is 1.28. The molecule has 39 heavy (non-hydrogen) atoms. The van der Waals surface area contributed by atoms with Crippen LogP contribution in [-0.4, -0.2) is 93.6 Å². The van der Waals surface area contributed by atoms with Crippen molar-refractivity contribution in [2.24, 2.45) is 17.4 Å². The number of piperazine rings is 1. The van der Waals surface area contributed by atoms with Gasteiger partial charge in [-0.3, -0.25) is 14.7 Å². The van der Waals surface area contributed by atoms with Crippen LogP contribution in [0.3, 0.4) is 0 Å². The number of benzene rings is 1. The third-order valence-corrected chi connectivity index (χ3v) is 7.43. The highest BCUT2D eigenvalue weighted by Crippen LogP contribution is 2.16. The molecule has 2 aliphatic rings. The molecule has 5 N–H and O–H groups in total. The van der Waals surface area contributed by atoms with Gasteiger partial charge in [-0.1, -0.05) is 19.1 Å². The van der Waals surface area contributed by atoms with Crippen LogP contribution in [0.5, 0.6) is 0 Å². The molecule has 2 aliphatic heterocycles. The zero-order valence-corrected chi connectivity index (χ0v) is 23.8. The smallest absolute Gasteiger partial charge is 0.338 e. The topological polar surface area (TPSA) is 143 Å². The lowest BCUT2D eigenvalue weighted by Crippen LogP contribution is -2.58. The van der Waals surface area contributed by atoms with Gasteiger partial charge in [-0.25, -0.2) is 9.59 Å². The number of likely N-dealkylation sites (tertiary alicyclic amines) is 1. The number of piperidine rings is 1. The van der Waals surface area contributed by atoms with E-state index >= 15 is 0 Å². The number of hydrogen-bond donors (Lipinski definition) is 3. The molecule has 4 rings (SSSR count). The Bertz CT molecular complexity index is 1190. The molecule has 0 aliphatic carbocycles. The molecule has 0 bridgehead atoms. The number of nitrogens with zero attached hydrogens (tertiary/aromatic N) is 5. The maximum Gasteiger partial charge on any atom is 0.354 e. The number of nitrogens with one attached hydrogen (secondary N) is 1. The number of hydrogen-bond acceptors (Lipinski definition) is 7. The van der Waals surface area contributed by atoms with Crippen LogP contribution in [0, 0.1) is 5.92 Å². The van der Waals surface area contributed by atoms with Crippen LogP contribution < -0.4 is 22.5 Å². The summed E-state index contributed by atoms with van der Waals surface area (Å²) in [6.07, 6.45) is 3.59. The van der Waals surface area contributed by atoms with Crippen LogP contribution in [0.1, 0.15) is 32.8 Å². The zero-order valence-electron chi connectivity index (χ0n) is 23.0. The average molecular weight is 561 g/mol. The van der Waals surface area contributed by atoms with Crippen molar-refractivity contribution in [1.82, 2.24) is 24.3 Å². The predicted molar refractivity (Wildman–Crippen MR) is 154 cm³/mol. The van der Waals surface area contributed by atoms with E-state index in [1.54, 1.807) is 35.9 Å². The van der Waals surface area contributed by atoms with E-state index in [-0.39, 0.29) is 30.2 Å². The third kappa shape index (κ3) is 7.78. The molecule has 1 aromatic heterocycles. The quantitative estimate of drug-likeness (QED) is 0.483. The maximum absolute atomic E-state index is 12.7. The van der Waals surface area contributed by atoms with Crippen LogP contribution in [0.2, 0.25) is 0 Å². The zero-order chi connectivity index (χ0) is 27.4. The number of nitrogens with two attached hydrogens (primary N) is 2. The molecule has 2 saturated heterocycles. The van der Waals surface area contributed by atoms with Gasteiger partial charge in [0.1, 0.15) is 5.82 Å². The third-order valence-electron chi connectivity index (χ3n) is 7.43. The summed E-state index contributed by atoms with van der Waals surface area (Å²) < 4.78 is 1.45. The fraction of sp³-hybridized carbons (Fsp3) is 0.556. The minimum Gasteiger partial charge on any atom is -0.338 e. The van der Waals surface area contributed by atoms with Gasteiger partial charge in [0, 0.05) is 51.5 Å². The number of rotatable bonds is 6. The molecule has 11 nitrogen and oxygen atoms in total. The average Bonchev–Trinajstić information content (AvgIpc) is 2.89. The van der Waals surface area contributed by atoms with Crippen LogP contribution in [0.4, 0.5) is 10.6 Å². The second-order valence-electron chi connectivity index (χ2n) is 11.0. The summed E-state index contributed by atoms with van der Waals surface area (Å²) in [6.45, 7) is 10.2. The molecule has 214 valence electrons. The second-order valence-corrected chi connectivity index (χ2v) is 11.0. The molecule has 0 unspecified atom stereocenters. The summed E-state index contributed by atoms with van der Waals surface area (Å²) >= 11 is 0. The van der Waals surface area contributed by atoms with E-state index in [9.17, 15) is 14.4 Å². The van der Waals surface area contributed by atoms with Gasteiger partial charge < -0.3 is 26.2 Å². The Kier molecular flexibility index (Phi) is 10.1. The number of urea groups is 1. The lowest BCUT2D eigenvalue weighted by molar-refractivity contribution is -0.137. The van der Waals surface area contributed by atoms with Crippen molar-refractivity contribution in [3.05, 3.63) is 52.6 Å². The van der Waals surface area contributed by atoms with E-state index in [1.165, 1.54) is 10.1 Å². The SMILES string of the molecule is C[C@@H]1CN(CCc2ccc(-n3ccc(NC(=O)N4CCN(C(=O)C(C)(C)N)CC4)nc3=O)cc2)CC[C@H]1N.Cl. The number of anilines is 1. The summed E-state index contributed by atoms with van der Waals surface area (Å²) in [7, 11) is 0. The summed E-state index contributed by atoms with van der Waals surface area (Å²) in [4.78, 5) is 47.5. The Morgan fingerprint density at radius 2 is 1.69 bits per heavy atom. The molecule has 0 radical (unpaired) electrons. The summed E-state index contributed by atoms with van der Waals surface area (Å²) in [5.41, 5.74) is 12.5. The monoisotopic (exact) mass is 560 g/mol. The van der Waals surface area contributed by atoms with E-state index in [4.69, 9.17) is 11.5 Å². The Labute approximate surface area is 235 Å². The fourth-order valence-corrected chi connectivity index (χ4v) is 4.94. The van der Waals surface area contributed by atoms with E-state index in [2.05, 4.69) is 22.1 Å². The van der Waals surface area contributed by atoms with Crippen LogP contribution in [0.25, 0.3) is 5.69 Å². The van der Waals surface area contributed by atoms with Gasteiger partial charge in [0.15, 0.2) is 0 Å². The lowest BCUT2D eigenvalue weighted by Gasteiger charge is -2.37. The standard InChI is InChI=1S/C27H40N8O3.ClH/c1-19-18-32(12-9-22(19)28)11-8-20-4-6-21(7-5-20)35-13-10-23(31-26(35)38)30-25(37)34-16-14-33(15-17-34)24(36)27(2,3)29;/h4-7,10,13,19,22H,8-9,11-12,14-18,28-29H2,1-3H3,(H,30,31,37,38);1H/t19-,22-;/m1./s1. The molecule has 0 spiro atoms. The number of aromatic nitrogens is 2. The van der Waals surface area contributed by atoms with Gasteiger partial charge in [-0.15, -0.1) is 12.4 Å². The van der Waals surface area contributed by atoms with Crippen molar-refractivity contribution in [1.29, 1.82) is 0 Å². The second kappa shape index (κ2) is 12.9.